The topological polar surface area (TPSA) is 0 Å². The molecule has 0 amide bonds. The minimum absolute atomic E-state index is 0.729. The predicted molar refractivity (Wildman–Crippen MR) is 34.9 cm³/mol. The molecule has 0 aromatic heterocycles. The van der Waals surface area contributed by atoms with Gasteiger partial charge < -0.3 is 0 Å². The van der Waals surface area contributed by atoms with E-state index < -0.39 is 24.3 Å². The number of allylic oxidation sites excluding steroid dienone is 2. The van der Waals surface area contributed by atoms with Crippen LogP contribution in [0.15, 0.2) is 24.8 Å². The van der Waals surface area contributed by atoms with Crippen LogP contribution in [0.1, 0.15) is 6.42 Å². The van der Waals surface area contributed by atoms with Crippen molar-refractivity contribution in [1.82, 2.24) is 0 Å². The summed E-state index contributed by atoms with van der Waals surface area (Å²) in [4.78, 5) is 0. The van der Waals surface area contributed by atoms with Gasteiger partial charge in [-0.2, -0.15) is 13.2 Å². The van der Waals surface area contributed by atoms with E-state index in [4.69, 9.17) is 0 Å². The summed E-state index contributed by atoms with van der Waals surface area (Å²) < 4.78 is 47.2. The molecule has 0 rings (SSSR count). The number of halogens is 4. The summed E-state index contributed by atoms with van der Waals surface area (Å²) in [6.07, 6.45) is -6.07. The summed E-state index contributed by atoms with van der Waals surface area (Å²) in [5.74, 6) is 0. The quantitative estimate of drug-likeness (QED) is 0.448. The van der Waals surface area contributed by atoms with Crippen molar-refractivity contribution < 1.29 is 17.6 Å². The standard InChI is InChI=1S/C7H8F4/c1-3-6(8)4-5(2)7(9,10)11/h3,6H,1-2,4H2. The average Bonchev–Trinajstić information content (AvgIpc) is 1.85. The molecule has 11 heavy (non-hydrogen) atoms. The Kier molecular flexibility index (Phi) is 3.29. The van der Waals surface area contributed by atoms with Crippen LogP contribution in [0.25, 0.3) is 0 Å². The molecule has 0 aliphatic rings. The van der Waals surface area contributed by atoms with E-state index in [1.807, 2.05) is 0 Å². The first-order valence-electron chi connectivity index (χ1n) is 2.89. The third kappa shape index (κ3) is 3.80. The van der Waals surface area contributed by atoms with Crippen molar-refractivity contribution in [2.24, 2.45) is 0 Å². The molecule has 0 nitrogen and oxygen atoms in total. The lowest BCUT2D eigenvalue weighted by atomic mass is 10.1. The second-order valence-corrected chi connectivity index (χ2v) is 2.06. The molecule has 0 aromatic rings. The predicted octanol–water partition coefficient (Wildman–Crippen LogP) is 3.02. The first-order valence-corrected chi connectivity index (χ1v) is 2.89. The smallest absolute Gasteiger partial charge is 0.243 e. The Balaban J connectivity index is 3.98. The van der Waals surface area contributed by atoms with Crippen LogP contribution in [0.4, 0.5) is 17.6 Å². The van der Waals surface area contributed by atoms with Crippen LogP contribution in [0.5, 0.6) is 0 Å². The summed E-state index contributed by atoms with van der Waals surface area (Å²) in [7, 11) is 0. The zero-order valence-electron chi connectivity index (χ0n) is 5.79. The maximum atomic E-state index is 12.2. The van der Waals surface area contributed by atoms with Gasteiger partial charge >= 0.3 is 6.18 Å². The van der Waals surface area contributed by atoms with Crippen LogP contribution in [0.2, 0.25) is 0 Å². The Bertz CT molecular complexity index is 156. The van der Waals surface area contributed by atoms with Gasteiger partial charge in [0.05, 0.1) is 0 Å². The molecule has 0 radical (unpaired) electrons. The molecule has 0 fully saturated rings. The van der Waals surface area contributed by atoms with Crippen LogP contribution < -0.4 is 0 Å². The Morgan fingerprint density at radius 1 is 1.45 bits per heavy atom. The van der Waals surface area contributed by atoms with Gasteiger partial charge in [-0.3, -0.25) is 0 Å². The number of hydrogen-bond donors (Lipinski definition) is 0. The molecule has 0 bridgehead atoms. The van der Waals surface area contributed by atoms with Crippen LogP contribution >= 0.6 is 0 Å². The molecule has 0 N–H and O–H groups in total. The molecule has 0 saturated heterocycles. The Morgan fingerprint density at radius 3 is 2.18 bits per heavy atom. The molecular weight excluding hydrogens is 160 g/mol. The summed E-state index contributed by atoms with van der Waals surface area (Å²) in [5.41, 5.74) is -1.06. The number of alkyl halides is 4. The van der Waals surface area contributed by atoms with Crippen LogP contribution in [0, 0.1) is 0 Å². The highest BCUT2D eigenvalue weighted by molar-refractivity contribution is 5.06. The van der Waals surface area contributed by atoms with Gasteiger partial charge in [-0.1, -0.05) is 12.7 Å². The lowest BCUT2D eigenvalue weighted by Gasteiger charge is -2.09. The summed E-state index contributed by atoms with van der Waals surface area (Å²) in [5, 5.41) is 0. The Morgan fingerprint density at radius 2 is 1.91 bits per heavy atom. The van der Waals surface area contributed by atoms with E-state index in [0.717, 1.165) is 6.08 Å². The lowest BCUT2D eigenvalue weighted by Crippen LogP contribution is -2.13. The van der Waals surface area contributed by atoms with Crippen molar-refractivity contribution in [2.75, 3.05) is 0 Å². The van der Waals surface area contributed by atoms with Crippen LogP contribution in [-0.4, -0.2) is 12.3 Å². The minimum Gasteiger partial charge on any atom is -0.243 e. The van der Waals surface area contributed by atoms with Gasteiger partial charge in [-0.25, -0.2) is 4.39 Å². The van der Waals surface area contributed by atoms with Gasteiger partial charge in [0.2, 0.25) is 0 Å². The van der Waals surface area contributed by atoms with E-state index in [1.54, 1.807) is 0 Å². The van der Waals surface area contributed by atoms with E-state index >= 15 is 0 Å². The highest BCUT2D eigenvalue weighted by Gasteiger charge is 2.32. The molecule has 1 atom stereocenters. The Hall–Kier alpha value is -0.800. The van der Waals surface area contributed by atoms with Gasteiger partial charge in [0, 0.05) is 12.0 Å². The van der Waals surface area contributed by atoms with Gasteiger partial charge in [-0.05, 0) is 0 Å². The highest BCUT2D eigenvalue weighted by atomic mass is 19.4. The van der Waals surface area contributed by atoms with E-state index in [1.165, 1.54) is 0 Å². The molecule has 1 unspecified atom stereocenters. The number of hydrogen-bond acceptors (Lipinski definition) is 0. The first-order chi connectivity index (χ1) is 4.88. The van der Waals surface area contributed by atoms with Crippen molar-refractivity contribution in [1.29, 1.82) is 0 Å². The monoisotopic (exact) mass is 168 g/mol. The molecule has 0 saturated carbocycles. The fraction of sp³-hybridized carbons (Fsp3) is 0.429. The molecule has 0 aromatic carbocycles. The summed E-state index contributed by atoms with van der Waals surface area (Å²) >= 11 is 0. The maximum Gasteiger partial charge on any atom is 0.412 e. The molecule has 0 spiro atoms. The van der Waals surface area contributed by atoms with Crippen molar-refractivity contribution in [3.8, 4) is 0 Å². The van der Waals surface area contributed by atoms with Crippen molar-refractivity contribution in [3.05, 3.63) is 24.8 Å². The number of rotatable bonds is 3. The zero-order valence-corrected chi connectivity index (χ0v) is 5.79. The third-order valence-corrected chi connectivity index (χ3v) is 1.10. The maximum absolute atomic E-state index is 12.2. The SMILES string of the molecule is C=CC(F)CC(=C)C(F)(F)F. The molecule has 0 aliphatic heterocycles. The van der Waals surface area contributed by atoms with Gasteiger partial charge in [0.15, 0.2) is 0 Å². The normalized spacial score (nSPS) is 14.2. The zero-order chi connectivity index (χ0) is 9.07. The lowest BCUT2D eigenvalue weighted by molar-refractivity contribution is -0.0947. The minimum atomic E-state index is -4.49. The van der Waals surface area contributed by atoms with E-state index in [9.17, 15) is 17.6 Å². The van der Waals surface area contributed by atoms with E-state index in [0.29, 0.717) is 0 Å². The fourth-order valence-electron chi connectivity index (χ4n) is 0.434. The van der Waals surface area contributed by atoms with E-state index in [2.05, 4.69) is 13.2 Å². The highest BCUT2D eigenvalue weighted by Crippen LogP contribution is 2.28. The van der Waals surface area contributed by atoms with Crippen LogP contribution in [-0.2, 0) is 0 Å². The third-order valence-electron chi connectivity index (χ3n) is 1.10. The molecule has 64 valence electrons. The van der Waals surface area contributed by atoms with Crippen molar-refractivity contribution in [2.45, 2.75) is 18.8 Å². The first kappa shape index (κ1) is 10.2. The fourth-order valence-corrected chi connectivity index (χ4v) is 0.434. The summed E-state index contributed by atoms with van der Waals surface area (Å²) in [6.45, 7) is 5.71. The molecule has 4 heteroatoms. The van der Waals surface area contributed by atoms with E-state index in [-0.39, 0.29) is 0 Å². The van der Waals surface area contributed by atoms with Gasteiger partial charge in [0.1, 0.15) is 6.17 Å². The second-order valence-electron chi connectivity index (χ2n) is 2.06. The molecular formula is C7H8F4. The summed E-state index contributed by atoms with van der Waals surface area (Å²) in [6, 6.07) is 0. The molecule has 0 aliphatic carbocycles. The van der Waals surface area contributed by atoms with Gasteiger partial charge in [0.25, 0.3) is 0 Å². The van der Waals surface area contributed by atoms with Crippen LogP contribution in [0.3, 0.4) is 0 Å². The van der Waals surface area contributed by atoms with Crippen molar-refractivity contribution in [3.63, 3.8) is 0 Å². The average molecular weight is 168 g/mol. The molecule has 0 heterocycles. The van der Waals surface area contributed by atoms with Crippen molar-refractivity contribution >= 4 is 0 Å². The van der Waals surface area contributed by atoms with Gasteiger partial charge in [-0.15, -0.1) is 6.58 Å². The largest absolute Gasteiger partial charge is 0.412 e. The second kappa shape index (κ2) is 3.55. The Labute approximate surface area is 62.2 Å².